The molecule has 2 N–H and O–H groups in total. The van der Waals surface area contributed by atoms with E-state index in [9.17, 15) is 9.59 Å². The van der Waals surface area contributed by atoms with Crippen LogP contribution >= 0.6 is 0 Å². The summed E-state index contributed by atoms with van der Waals surface area (Å²) in [4.78, 5) is 19.7. The summed E-state index contributed by atoms with van der Waals surface area (Å²) >= 11 is 0. The van der Waals surface area contributed by atoms with Crippen LogP contribution in [0.5, 0.6) is 0 Å². The molecule has 0 heterocycles. The van der Waals surface area contributed by atoms with Crippen LogP contribution in [0, 0.1) is 0 Å². The van der Waals surface area contributed by atoms with Crippen LogP contribution in [0.2, 0.25) is 0 Å². The molecule has 0 rings (SSSR count). The molecule has 0 fully saturated rings. The molecule has 0 atom stereocenters. The minimum Gasteiger partial charge on any atom is -0.505 e. The minimum atomic E-state index is -1.27. The molecule has 0 aliphatic rings. The number of carbonyl (C=O) groups is 2. The summed E-state index contributed by atoms with van der Waals surface area (Å²) in [6.45, 7) is 6.27. The van der Waals surface area contributed by atoms with Gasteiger partial charge in [-0.05, 0) is 0 Å². The Labute approximate surface area is 75.9 Å². The van der Waals surface area contributed by atoms with Crippen molar-refractivity contribution in [3.63, 3.8) is 0 Å². The molecule has 0 radical (unpaired) electrons. The molecule has 0 aromatic carbocycles. The van der Waals surface area contributed by atoms with Crippen LogP contribution in [-0.4, -0.2) is 29.3 Å². The molecule has 0 saturated carbocycles. The molecule has 0 unspecified atom stereocenters. The van der Waals surface area contributed by atoms with Crippen LogP contribution in [0.25, 0.3) is 0 Å². The third kappa shape index (κ3) is 13.2. The lowest BCUT2D eigenvalue weighted by Gasteiger charge is -1.91. The maximum absolute atomic E-state index is 9.87. The second-order valence-corrected chi connectivity index (χ2v) is 1.88. The van der Waals surface area contributed by atoms with E-state index in [1.165, 1.54) is 6.26 Å². The van der Waals surface area contributed by atoms with Crippen LogP contribution in [0.3, 0.4) is 0 Å². The van der Waals surface area contributed by atoms with Gasteiger partial charge in [0, 0.05) is 5.57 Å². The lowest BCUT2D eigenvalue weighted by molar-refractivity contribution is -0.139. The smallest absolute Gasteiger partial charge is 0.331 e. The third-order valence-corrected chi connectivity index (χ3v) is 0.834. The lowest BCUT2D eigenvalue weighted by atomic mass is 10.2. The van der Waals surface area contributed by atoms with Gasteiger partial charge in [-0.1, -0.05) is 13.2 Å². The molecule has 0 bridgehead atoms. The molecule has 5 heteroatoms. The van der Waals surface area contributed by atoms with Crippen molar-refractivity contribution in [1.82, 2.24) is 0 Å². The van der Waals surface area contributed by atoms with Crippen molar-refractivity contribution in [1.29, 1.82) is 0 Å². The predicted octanol–water partition coefficient (Wildman–Crippen LogP) is 0.878. The monoisotopic (exact) mass is 188 g/mol. The Morgan fingerprint density at radius 1 is 1.46 bits per heavy atom. The SMILES string of the molecule is C=C(CC(=O)O)C(=O)O.C=COC. The van der Waals surface area contributed by atoms with Crippen molar-refractivity contribution >= 4 is 11.9 Å². The first-order valence-corrected chi connectivity index (χ1v) is 3.22. The quantitative estimate of drug-likeness (QED) is 0.505. The Balaban J connectivity index is 0. The summed E-state index contributed by atoms with van der Waals surface area (Å²) < 4.78 is 4.31. The number of aliphatic carboxylic acids is 2. The molecule has 5 nitrogen and oxygen atoms in total. The Hall–Kier alpha value is -1.78. The molecule has 0 spiro atoms. The van der Waals surface area contributed by atoms with Crippen LogP contribution < -0.4 is 0 Å². The predicted molar refractivity (Wildman–Crippen MR) is 46.2 cm³/mol. The van der Waals surface area contributed by atoms with Crippen LogP contribution in [-0.2, 0) is 14.3 Å². The number of ether oxygens (including phenoxy) is 1. The standard InChI is InChI=1S/C5H6O4.C3H6O/c1-3(5(8)9)2-4(6)7;1-3-4-2/h1-2H2,(H,6,7)(H,8,9);3H,1H2,2H3. The highest BCUT2D eigenvalue weighted by Gasteiger charge is 2.07. The van der Waals surface area contributed by atoms with E-state index in [-0.39, 0.29) is 5.57 Å². The van der Waals surface area contributed by atoms with Gasteiger partial charge in [-0.25, -0.2) is 4.79 Å². The zero-order chi connectivity index (χ0) is 10.9. The summed E-state index contributed by atoms with van der Waals surface area (Å²) in [5.74, 6) is -2.44. The zero-order valence-corrected chi connectivity index (χ0v) is 7.32. The average molecular weight is 188 g/mol. The molecule has 0 aromatic heterocycles. The maximum atomic E-state index is 9.87. The summed E-state index contributed by atoms with van der Waals surface area (Å²) in [6, 6.07) is 0. The molecule has 0 amide bonds. The second kappa shape index (κ2) is 8.32. The van der Waals surface area contributed by atoms with E-state index in [1.807, 2.05) is 0 Å². The lowest BCUT2D eigenvalue weighted by Crippen LogP contribution is -2.04. The first-order valence-electron chi connectivity index (χ1n) is 3.22. The van der Waals surface area contributed by atoms with Crippen LogP contribution in [0.1, 0.15) is 6.42 Å². The van der Waals surface area contributed by atoms with Crippen molar-refractivity contribution in [2.45, 2.75) is 6.42 Å². The van der Waals surface area contributed by atoms with Crippen LogP contribution in [0.15, 0.2) is 25.0 Å². The van der Waals surface area contributed by atoms with Gasteiger partial charge < -0.3 is 14.9 Å². The highest BCUT2D eigenvalue weighted by Crippen LogP contribution is 1.95. The van der Waals surface area contributed by atoms with Crippen molar-refractivity contribution in [3.05, 3.63) is 25.0 Å². The molecule has 13 heavy (non-hydrogen) atoms. The van der Waals surface area contributed by atoms with E-state index in [0.717, 1.165) is 0 Å². The van der Waals surface area contributed by atoms with Gasteiger partial charge in [0.2, 0.25) is 0 Å². The van der Waals surface area contributed by atoms with E-state index < -0.39 is 18.4 Å². The Bertz CT molecular complexity index is 207. The number of hydrogen-bond donors (Lipinski definition) is 2. The van der Waals surface area contributed by atoms with Gasteiger partial charge in [-0.2, -0.15) is 0 Å². The number of carboxylic acid groups (broad SMARTS) is 2. The second-order valence-electron chi connectivity index (χ2n) is 1.88. The van der Waals surface area contributed by atoms with Crippen LogP contribution in [0.4, 0.5) is 0 Å². The van der Waals surface area contributed by atoms with E-state index in [0.29, 0.717) is 0 Å². The third-order valence-electron chi connectivity index (χ3n) is 0.834. The molecule has 0 aliphatic carbocycles. The van der Waals surface area contributed by atoms with Gasteiger partial charge in [0.1, 0.15) is 0 Å². The fourth-order valence-electron chi connectivity index (χ4n) is 0.258. The van der Waals surface area contributed by atoms with Gasteiger partial charge in [0.15, 0.2) is 0 Å². The highest BCUT2D eigenvalue weighted by atomic mass is 16.5. The van der Waals surface area contributed by atoms with E-state index >= 15 is 0 Å². The highest BCUT2D eigenvalue weighted by molar-refractivity contribution is 5.91. The summed E-state index contributed by atoms with van der Waals surface area (Å²) in [7, 11) is 1.56. The van der Waals surface area contributed by atoms with Crippen molar-refractivity contribution in [3.8, 4) is 0 Å². The van der Waals surface area contributed by atoms with Gasteiger partial charge in [-0.15, -0.1) is 0 Å². The zero-order valence-electron chi connectivity index (χ0n) is 7.32. The first kappa shape index (κ1) is 13.8. The summed E-state index contributed by atoms with van der Waals surface area (Å²) in [5.41, 5.74) is -0.303. The molecular weight excluding hydrogens is 176 g/mol. The Morgan fingerprint density at radius 2 is 1.85 bits per heavy atom. The number of methoxy groups -OCH3 is 1. The number of hydrogen-bond acceptors (Lipinski definition) is 3. The minimum absolute atomic E-state index is 0.303. The van der Waals surface area contributed by atoms with E-state index in [2.05, 4.69) is 17.9 Å². The largest absolute Gasteiger partial charge is 0.505 e. The summed E-state index contributed by atoms with van der Waals surface area (Å²) in [6.07, 6.45) is 0.870. The molecular formula is C8H12O5. The molecule has 0 saturated heterocycles. The Morgan fingerprint density at radius 3 is 1.92 bits per heavy atom. The molecule has 0 aliphatic heterocycles. The normalized spacial score (nSPS) is 7.46. The Kier molecular flexibility index (Phi) is 8.82. The number of rotatable bonds is 4. The van der Waals surface area contributed by atoms with Gasteiger partial charge in [-0.3, -0.25) is 4.79 Å². The van der Waals surface area contributed by atoms with Gasteiger partial charge in [0.25, 0.3) is 0 Å². The van der Waals surface area contributed by atoms with Gasteiger partial charge in [0.05, 0.1) is 19.8 Å². The average Bonchev–Trinajstić information content (AvgIpc) is 2.03. The van der Waals surface area contributed by atoms with Crippen molar-refractivity contribution in [2.24, 2.45) is 0 Å². The van der Waals surface area contributed by atoms with Crippen molar-refractivity contribution in [2.75, 3.05) is 7.11 Å². The maximum Gasteiger partial charge on any atom is 0.331 e. The van der Waals surface area contributed by atoms with E-state index in [1.54, 1.807) is 7.11 Å². The first-order chi connectivity index (χ1) is 5.95. The fraction of sp³-hybridized carbons (Fsp3) is 0.250. The topological polar surface area (TPSA) is 83.8 Å². The number of carboxylic acids is 2. The van der Waals surface area contributed by atoms with Crippen molar-refractivity contribution < 1.29 is 24.5 Å². The molecule has 0 aromatic rings. The molecule has 74 valence electrons. The summed E-state index contributed by atoms with van der Waals surface area (Å²) in [5, 5.41) is 16.1. The van der Waals surface area contributed by atoms with Gasteiger partial charge >= 0.3 is 11.9 Å². The fourth-order valence-corrected chi connectivity index (χ4v) is 0.258. The van der Waals surface area contributed by atoms with E-state index in [4.69, 9.17) is 10.2 Å².